The second kappa shape index (κ2) is 48.3. The van der Waals surface area contributed by atoms with E-state index < -0.39 is 103 Å². The van der Waals surface area contributed by atoms with E-state index in [0.29, 0.717) is 168 Å². The number of aryl methyl sites for hydroxylation is 1. The van der Waals surface area contributed by atoms with Gasteiger partial charge in [-0.15, -0.1) is 0 Å². The molecule has 0 spiro atoms. The van der Waals surface area contributed by atoms with E-state index in [1.54, 1.807) is 19.1 Å². The van der Waals surface area contributed by atoms with Crippen LogP contribution >= 0.6 is 23.2 Å². The quantitative estimate of drug-likeness (QED) is 0.0173. The summed E-state index contributed by atoms with van der Waals surface area (Å²) >= 11 is 12.3. The first-order valence-electron chi connectivity index (χ1n) is 44.9. The molecule has 0 saturated carbocycles. The van der Waals surface area contributed by atoms with Crippen molar-refractivity contribution in [1.29, 1.82) is 0 Å². The van der Waals surface area contributed by atoms with Crippen LogP contribution in [0.1, 0.15) is 90.5 Å². The van der Waals surface area contributed by atoms with Crippen LogP contribution in [0.2, 0.25) is 10.0 Å². The Morgan fingerprint density at radius 1 is 0.437 bits per heavy atom. The van der Waals surface area contributed by atoms with Crippen molar-refractivity contribution in [2.75, 3.05) is 150 Å². The summed E-state index contributed by atoms with van der Waals surface area (Å²) in [5, 5.41) is 3.38. The van der Waals surface area contributed by atoms with E-state index in [1.807, 2.05) is 28.5 Å². The average Bonchev–Trinajstić information content (AvgIpc) is 0.790. The fourth-order valence-corrected chi connectivity index (χ4v) is 23.2. The minimum atomic E-state index is -3.91. The predicted molar refractivity (Wildman–Crippen MR) is 533 cm³/mol. The molecule has 5 aromatic heterocycles. The fourth-order valence-electron chi connectivity index (χ4n) is 17.3. The smallest absolute Gasteiger partial charge is 0.299 e. The summed E-state index contributed by atoms with van der Waals surface area (Å²) in [4.78, 5) is 90.0. The van der Waals surface area contributed by atoms with Crippen LogP contribution in [0.15, 0.2) is 104 Å². The van der Waals surface area contributed by atoms with Gasteiger partial charge < -0.3 is 29.2 Å². The molecule has 11 aromatic rings. The lowest BCUT2D eigenvalue weighted by molar-refractivity contribution is -0.136. The standard InChI is InChI=1S/C22H21Cl2FN6O2S.C18H20FN5O3S.C18H22FN5O2S.C17H20FN5O2S.C17H17FN4O4S/c1-13-6-16(23)21(17(24)7-13)30-34(32,33)29-10-14-4-3-5-31(11-14)22-15-8-20(26-2)18(25)9-19(15)27-12-28-22;1-12(25)10-28(26,27)23-8-13-4-3-5-24(9-13)18-14-6-17(20-2)15(19)7-16(14)21-11-22-18;1-3-7-27(25,26)23-10-13-5-4-6-24(11-13)18-14-8-17(20-2)15(19)9-16(14)21-12-22-18;1-3-26(24,25)22-9-12-5-4-6-23(10-12)17-13-7-16(19-2)14(18)8-15(13)20-11-21-17;1-19-15-5-12-14(6-13(15)18)20-9-21-17(12)22-4-3-16(26-10-23)11(7-22)8-27(2,24)25/h6-9,12,14,29-30H,3-5,10-11H2,1H3;6-7,11,13,23H,3-5,8-10H2,1H3;8-9,12-13,23H,3-7,10-11H2,1H3;7-8,11-12,22H,3-6,9-10H2,1H3;5-6,9-11,16H,3-4,7-8H2,2H3. The molecule has 5 fully saturated rings. The van der Waals surface area contributed by atoms with Gasteiger partial charge in [-0.05, 0) is 181 Å². The number of aromatic nitrogens is 10. The number of fused-ring (bicyclic) bond motifs is 5. The molecule has 38 nitrogen and oxygen atoms in total. The number of carbonyl (C=O) groups excluding carboxylic acids is 2. The number of sulfone groups is 1. The molecule has 0 bridgehead atoms. The minimum Gasteiger partial charge on any atom is -0.464 e. The molecule has 5 N–H and O–H groups in total. The Balaban J connectivity index is 0.000000159. The molecular weight excluding hydrogens is 1990 g/mol. The molecule has 5 saturated heterocycles. The van der Waals surface area contributed by atoms with Crippen molar-refractivity contribution >= 4 is 203 Å². The van der Waals surface area contributed by atoms with Crippen molar-refractivity contribution in [3.05, 3.63) is 206 Å². The normalized spacial score (nSPS) is 17.9. The number of anilines is 6. The molecule has 0 aliphatic carbocycles. The van der Waals surface area contributed by atoms with E-state index >= 15 is 0 Å². The maximum absolute atomic E-state index is 14.0. The van der Waals surface area contributed by atoms with E-state index in [1.165, 1.54) is 99.2 Å². The van der Waals surface area contributed by atoms with Crippen molar-refractivity contribution in [2.45, 2.75) is 98.0 Å². The SMILES string of the molecule is [C-]#[N+]c1cc2c(N3CCC(OC=O)C(CS(C)(=O)=O)C3)ncnc2cc1F.[C-]#[N+]c1cc2c(N3CCCC(CNS(=O)(=O)CC(C)=O)C3)ncnc2cc1F.[C-]#[N+]c1cc2c(N3CCCC(CNS(=O)(=O)CC)C3)ncnc2cc1F.[C-]#[N+]c1cc2c(N3CCCC(CNS(=O)(=O)CCC)C3)ncnc2cc1F.[C-]#[N+]c1cc2c(N3CCCC(CNS(=O)(=O)Nc4c(Cl)cc(C)cc4Cl)C3)ncnc2cc1F. The number of hydrogen-bond donors (Lipinski definition) is 5. The first-order valence-corrected chi connectivity index (χ1v) is 54.1. The van der Waals surface area contributed by atoms with E-state index in [0.717, 1.165) is 76.3 Å². The third kappa shape index (κ3) is 28.8. The largest absolute Gasteiger partial charge is 0.464 e. The van der Waals surface area contributed by atoms with E-state index in [2.05, 4.69) is 107 Å². The number of rotatable bonds is 28. The van der Waals surface area contributed by atoms with Crippen LogP contribution in [0.25, 0.3) is 78.7 Å². The van der Waals surface area contributed by atoms with E-state index in [4.69, 9.17) is 60.8 Å². The Bertz CT molecular complexity index is 7380. The fraction of sp³-hybridized carbons (Fsp3) is 0.424. The highest BCUT2D eigenvalue weighted by atomic mass is 35.5. The van der Waals surface area contributed by atoms with Gasteiger partial charge in [0, 0.05) is 137 Å². The minimum absolute atomic E-state index is 0.0000772. The van der Waals surface area contributed by atoms with Gasteiger partial charge in [-0.1, -0.05) is 30.1 Å². The van der Waals surface area contributed by atoms with Gasteiger partial charge in [0.05, 0.1) is 93.4 Å². The number of sulfonamides is 3. The molecule has 0 amide bonds. The summed E-state index contributed by atoms with van der Waals surface area (Å²) in [6.45, 7) is 49.7. The first kappa shape index (κ1) is 108. The number of ether oxygens (including phenoxy) is 1. The van der Waals surface area contributed by atoms with Gasteiger partial charge in [-0.25, -0.2) is 144 Å². The van der Waals surface area contributed by atoms with Gasteiger partial charge >= 0.3 is 0 Å². The topological polar surface area (TPSA) is 441 Å². The zero-order valence-corrected chi connectivity index (χ0v) is 83.2. The zero-order chi connectivity index (χ0) is 103. The van der Waals surface area contributed by atoms with Crippen LogP contribution < -0.4 is 48.1 Å². The maximum Gasteiger partial charge on any atom is 0.299 e. The van der Waals surface area contributed by atoms with E-state index in [-0.39, 0.29) is 98.2 Å². The van der Waals surface area contributed by atoms with Crippen molar-refractivity contribution in [2.24, 2.45) is 29.6 Å². The summed E-state index contributed by atoms with van der Waals surface area (Å²) in [6, 6.07) is 16.7. The molecular formula is C92H100Cl2F5N25O13S5. The lowest BCUT2D eigenvalue weighted by Crippen LogP contribution is -2.47. The molecule has 6 atom stereocenters. The molecule has 142 heavy (non-hydrogen) atoms. The second-order valence-corrected chi connectivity index (χ2v) is 44.9. The number of nitrogens with zero attached hydrogens (tertiary/aromatic N) is 20. The summed E-state index contributed by atoms with van der Waals surface area (Å²) in [6.07, 6.45) is 15.4. The van der Waals surface area contributed by atoms with Gasteiger partial charge in [0.25, 0.3) is 16.7 Å². The number of carbonyl (C=O) groups is 2. The number of ketones is 1. The van der Waals surface area contributed by atoms with Gasteiger partial charge in [0.1, 0.15) is 117 Å². The van der Waals surface area contributed by atoms with Crippen molar-refractivity contribution in [3.63, 3.8) is 0 Å². The Morgan fingerprint density at radius 2 is 0.739 bits per heavy atom. The number of piperidine rings is 5. The summed E-state index contributed by atoms with van der Waals surface area (Å²) in [5.41, 5.74) is 2.60. The Kier molecular flexibility index (Phi) is 36.8. The van der Waals surface area contributed by atoms with Crippen molar-refractivity contribution in [3.8, 4) is 0 Å². The molecule has 6 aromatic carbocycles. The highest BCUT2D eigenvalue weighted by Gasteiger charge is 2.36. The van der Waals surface area contributed by atoms with Crippen molar-refractivity contribution < 1.29 is 78.4 Å². The summed E-state index contributed by atoms with van der Waals surface area (Å²) in [7, 11) is -17.3. The molecule has 10 heterocycles. The Morgan fingerprint density at radius 3 is 1.03 bits per heavy atom. The molecule has 750 valence electrons. The number of nitrogens with one attached hydrogen (secondary N) is 5. The number of hydrogen-bond acceptors (Lipinski definition) is 28. The molecule has 5 aliphatic heterocycles. The molecule has 16 rings (SSSR count). The molecule has 0 radical (unpaired) electrons. The summed E-state index contributed by atoms with van der Waals surface area (Å²) in [5.74, 6) is -1.02. The monoisotopic (exact) mass is 2090 g/mol. The third-order valence-electron chi connectivity index (χ3n) is 24.0. The van der Waals surface area contributed by atoms with Crippen LogP contribution in [-0.4, -0.2) is 231 Å². The van der Waals surface area contributed by atoms with Crippen LogP contribution in [0.4, 0.5) is 85.2 Å². The van der Waals surface area contributed by atoms with Crippen LogP contribution in [0, 0.1) is 98.5 Å². The van der Waals surface area contributed by atoms with Crippen LogP contribution in [0.3, 0.4) is 0 Å². The van der Waals surface area contributed by atoms with Crippen LogP contribution in [-0.2, 0) is 64.4 Å². The highest BCUT2D eigenvalue weighted by Crippen LogP contribution is 2.40. The van der Waals surface area contributed by atoms with Crippen molar-refractivity contribution in [1.82, 2.24) is 68.7 Å². The average molecular weight is 2090 g/mol. The van der Waals surface area contributed by atoms with E-state index in [9.17, 15) is 73.6 Å². The second-order valence-electron chi connectivity index (χ2n) is 34.6. The number of Topliss-reactive ketones (excluding diaryl/α,β-unsaturated/α-hetero) is 1. The van der Waals surface area contributed by atoms with Gasteiger partial charge in [0.15, 0.2) is 0 Å². The lowest BCUT2D eigenvalue weighted by atomic mass is 9.96. The Labute approximate surface area is 828 Å². The van der Waals surface area contributed by atoms with Gasteiger partial charge in [0.2, 0.25) is 58.5 Å². The molecule has 5 aliphatic rings. The maximum atomic E-state index is 14.0. The highest BCUT2D eigenvalue weighted by molar-refractivity contribution is 7.91. The number of halogens is 7. The first-order chi connectivity index (χ1) is 67.6. The van der Waals surface area contributed by atoms with Crippen LogP contribution in [0.5, 0.6) is 0 Å². The van der Waals surface area contributed by atoms with Gasteiger partial charge in [-0.2, -0.15) is 13.1 Å². The predicted octanol–water partition coefficient (Wildman–Crippen LogP) is 14.2. The zero-order valence-electron chi connectivity index (χ0n) is 77.6. The number of benzene rings is 6. The Hall–Kier alpha value is -12.8. The third-order valence-corrected chi connectivity index (χ3v) is 31.0. The molecule has 6 unspecified atom stereocenters. The van der Waals surface area contributed by atoms with Gasteiger partial charge in [-0.3, -0.25) is 14.3 Å². The lowest BCUT2D eigenvalue weighted by Gasteiger charge is -2.38. The molecule has 50 heteroatoms. The summed E-state index contributed by atoms with van der Waals surface area (Å²) < 4.78 is 207.